The normalized spacial score (nSPS) is 31.9. The summed E-state index contributed by atoms with van der Waals surface area (Å²) in [4.78, 5) is 0. The Bertz CT molecular complexity index is 258. The number of alkyl halides is 1. The first-order valence-electron chi connectivity index (χ1n) is 4.15. The second-order valence-corrected chi connectivity index (χ2v) is 8.45. The molecular weight excluding hydrogens is 274 g/mol. The van der Waals surface area contributed by atoms with Crippen LogP contribution >= 0.6 is 27.7 Å². The molecule has 13 heavy (non-hydrogen) atoms. The lowest BCUT2D eigenvalue weighted by molar-refractivity contribution is 0.408. The van der Waals surface area contributed by atoms with Gasteiger partial charge in [-0.1, -0.05) is 29.8 Å². The molecule has 3 nitrogen and oxygen atoms in total. The molecule has 6 heteroatoms. The Balaban J connectivity index is 2.71. The molecule has 0 aromatic carbocycles. The molecule has 0 aliphatic carbocycles. The highest BCUT2D eigenvalue weighted by Crippen LogP contribution is 2.26. The van der Waals surface area contributed by atoms with E-state index in [9.17, 15) is 8.42 Å². The summed E-state index contributed by atoms with van der Waals surface area (Å²) in [5, 5.41) is 0.801. The van der Waals surface area contributed by atoms with E-state index in [0.717, 1.165) is 0 Å². The fraction of sp³-hybridized carbons (Fsp3) is 1.00. The molecule has 0 amide bonds. The molecular formula is C7H14BrNO2S2. The fourth-order valence-electron chi connectivity index (χ4n) is 1.43. The number of halogens is 1. The standard InChI is InChI=1S/C7H14BrNO2S2/c1-6-3-9(4-7(2)12-6)13(10,11)5-8/h6-7H,3-5H2,1-2H3. The van der Waals surface area contributed by atoms with E-state index in [1.165, 1.54) is 0 Å². The Hall–Kier alpha value is 0.740. The Kier molecular flexibility index (Phi) is 4.09. The minimum atomic E-state index is -3.05. The van der Waals surface area contributed by atoms with E-state index >= 15 is 0 Å². The van der Waals surface area contributed by atoms with Crippen molar-refractivity contribution in [3.8, 4) is 0 Å². The van der Waals surface area contributed by atoms with Gasteiger partial charge in [-0.3, -0.25) is 0 Å². The van der Waals surface area contributed by atoms with E-state index in [1.54, 1.807) is 4.31 Å². The van der Waals surface area contributed by atoms with Crippen LogP contribution < -0.4 is 0 Å². The van der Waals surface area contributed by atoms with Gasteiger partial charge in [0.25, 0.3) is 0 Å². The van der Waals surface area contributed by atoms with Crippen molar-refractivity contribution in [3.63, 3.8) is 0 Å². The third-order valence-electron chi connectivity index (χ3n) is 1.92. The molecule has 1 heterocycles. The van der Waals surface area contributed by atoms with Gasteiger partial charge >= 0.3 is 0 Å². The molecule has 78 valence electrons. The van der Waals surface area contributed by atoms with Crippen LogP contribution in [-0.4, -0.2) is 41.0 Å². The summed E-state index contributed by atoms with van der Waals surface area (Å²) < 4.78 is 24.6. The van der Waals surface area contributed by atoms with Gasteiger partial charge in [-0.25, -0.2) is 8.42 Å². The van der Waals surface area contributed by atoms with Crippen LogP contribution in [-0.2, 0) is 10.0 Å². The highest BCUT2D eigenvalue weighted by atomic mass is 79.9. The van der Waals surface area contributed by atoms with Crippen LogP contribution in [0.25, 0.3) is 0 Å². The molecule has 0 radical (unpaired) electrons. The molecule has 0 saturated carbocycles. The Labute approximate surface area is 92.4 Å². The van der Waals surface area contributed by atoms with Crippen LogP contribution in [0.5, 0.6) is 0 Å². The van der Waals surface area contributed by atoms with Crippen LogP contribution in [0.4, 0.5) is 0 Å². The van der Waals surface area contributed by atoms with Gasteiger partial charge in [0.1, 0.15) is 4.66 Å². The molecule has 2 unspecified atom stereocenters. The highest BCUT2D eigenvalue weighted by molar-refractivity contribution is 9.10. The monoisotopic (exact) mass is 287 g/mol. The molecule has 0 spiro atoms. The van der Waals surface area contributed by atoms with Crippen LogP contribution in [0.1, 0.15) is 13.8 Å². The van der Waals surface area contributed by atoms with Gasteiger partial charge in [-0.15, -0.1) is 0 Å². The summed E-state index contributed by atoms with van der Waals surface area (Å²) in [5.74, 6) is 0. The van der Waals surface area contributed by atoms with E-state index in [4.69, 9.17) is 0 Å². The van der Waals surface area contributed by atoms with Crippen LogP contribution in [0, 0.1) is 0 Å². The summed E-state index contributed by atoms with van der Waals surface area (Å²) in [7, 11) is -3.05. The molecule has 1 aliphatic rings. The molecule has 1 fully saturated rings. The zero-order valence-corrected chi connectivity index (χ0v) is 11.0. The first-order chi connectivity index (χ1) is 5.95. The molecule has 1 saturated heterocycles. The molecule has 0 aromatic rings. The third-order valence-corrected chi connectivity index (χ3v) is 6.24. The van der Waals surface area contributed by atoms with Gasteiger partial charge in [0.2, 0.25) is 10.0 Å². The lowest BCUT2D eigenvalue weighted by Crippen LogP contribution is -2.44. The van der Waals surface area contributed by atoms with Gasteiger partial charge in [0.15, 0.2) is 0 Å². The predicted octanol–water partition coefficient (Wildman–Crippen LogP) is 1.49. The van der Waals surface area contributed by atoms with Crippen LogP contribution in [0.15, 0.2) is 0 Å². The third kappa shape index (κ3) is 3.11. The van der Waals surface area contributed by atoms with Gasteiger partial charge in [0.05, 0.1) is 0 Å². The maximum absolute atomic E-state index is 11.5. The number of rotatable bonds is 2. The number of hydrogen-bond donors (Lipinski definition) is 0. The molecule has 1 rings (SSSR count). The summed E-state index contributed by atoms with van der Waals surface area (Å²) in [6, 6.07) is 0. The second-order valence-electron chi connectivity index (χ2n) is 3.30. The number of sulfonamides is 1. The summed E-state index contributed by atoms with van der Waals surface area (Å²) >= 11 is 4.86. The van der Waals surface area contributed by atoms with Crippen molar-refractivity contribution in [3.05, 3.63) is 0 Å². The SMILES string of the molecule is CC1CN(S(=O)(=O)CBr)CC(C)S1. The molecule has 0 aromatic heterocycles. The Morgan fingerprint density at radius 3 is 2.23 bits per heavy atom. The maximum Gasteiger partial charge on any atom is 0.224 e. The maximum atomic E-state index is 11.5. The van der Waals surface area contributed by atoms with Gasteiger partial charge < -0.3 is 0 Å². The molecule has 1 aliphatic heterocycles. The van der Waals surface area contributed by atoms with Crippen molar-refractivity contribution in [1.82, 2.24) is 4.31 Å². The average molecular weight is 288 g/mol. The van der Waals surface area contributed by atoms with Crippen LogP contribution in [0.2, 0.25) is 0 Å². The van der Waals surface area contributed by atoms with E-state index in [1.807, 2.05) is 11.8 Å². The van der Waals surface area contributed by atoms with E-state index in [-0.39, 0.29) is 4.66 Å². The lowest BCUT2D eigenvalue weighted by atomic mass is 10.4. The van der Waals surface area contributed by atoms with Gasteiger partial charge in [-0.05, 0) is 0 Å². The minimum Gasteiger partial charge on any atom is -0.211 e. The number of hydrogen-bond acceptors (Lipinski definition) is 3. The van der Waals surface area contributed by atoms with Crippen LogP contribution in [0.3, 0.4) is 0 Å². The Morgan fingerprint density at radius 1 is 1.38 bits per heavy atom. The molecule has 0 N–H and O–H groups in total. The lowest BCUT2D eigenvalue weighted by Gasteiger charge is -2.33. The van der Waals surface area contributed by atoms with Crippen molar-refractivity contribution in [1.29, 1.82) is 0 Å². The topological polar surface area (TPSA) is 37.4 Å². The quantitative estimate of drug-likeness (QED) is 0.723. The average Bonchev–Trinajstić information content (AvgIpc) is 2.02. The first-order valence-corrected chi connectivity index (χ1v) is 7.82. The van der Waals surface area contributed by atoms with E-state index in [0.29, 0.717) is 23.6 Å². The largest absolute Gasteiger partial charge is 0.224 e. The van der Waals surface area contributed by atoms with Crippen molar-refractivity contribution < 1.29 is 8.42 Å². The van der Waals surface area contributed by atoms with Crippen molar-refractivity contribution in [2.24, 2.45) is 0 Å². The minimum absolute atomic E-state index is 0.0319. The van der Waals surface area contributed by atoms with Crippen molar-refractivity contribution in [2.75, 3.05) is 17.8 Å². The summed E-state index contributed by atoms with van der Waals surface area (Å²) in [6.07, 6.45) is 0. The fourth-order valence-corrected chi connectivity index (χ4v) is 4.85. The predicted molar refractivity (Wildman–Crippen MR) is 60.8 cm³/mol. The van der Waals surface area contributed by atoms with Crippen molar-refractivity contribution >= 4 is 37.7 Å². The molecule has 2 atom stereocenters. The zero-order chi connectivity index (χ0) is 10.1. The van der Waals surface area contributed by atoms with Gasteiger partial charge in [0, 0.05) is 23.6 Å². The number of nitrogens with zero attached hydrogens (tertiary/aromatic N) is 1. The van der Waals surface area contributed by atoms with Gasteiger partial charge in [-0.2, -0.15) is 16.1 Å². The summed E-state index contributed by atoms with van der Waals surface area (Å²) in [5.41, 5.74) is 0. The first kappa shape index (κ1) is 11.8. The Morgan fingerprint density at radius 2 is 1.85 bits per heavy atom. The van der Waals surface area contributed by atoms with E-state index in [2.05, 4.69) is 29.8 Å². The molecule has 0 bridgehead atoms. The highest BCUT2D eigenvalue weighted by Gasteiger charge is 2.29. The zero-order valence-electron chi connectivity index (χ0n) is 7.73. The van der Waals surface area contributed by atoms with E-state index < -0.39 is 10.0 Å². The number of thioether (sulfide) groups is 1. The van der Waals surface area contributed by atoms with Crippen molar-refractivity contribution in [2.45, 2.75) is 24.3 Å². The summed E-state index contributed by atoms with van der Waals surface area (Å²) in [6.45, 7) is 5.42. The smallest absolute Gasteiger partial charge is 0.211 e. The second kappa shape index (κ2) is 4.51.